The van der Waals surface area contributed by atoms with E-state index in [0.29, 0.717) is 19.4 Å². The van der Waals surface area contributed by atoms with Gasteiger partial charge in [-0.05, 0) is 31.0 Å². The number of nitrogens with one attached hydrogen (secondary N) is 1. The lowest BCUT2D eigenvalue weighted by molar-refractivity contribution is -0.121. The van der Waals surface area contributed by atoms with E-state index in [1.807, 2.05) is 6.92 Å². The first-order valence-corrected chi connectivity index (χ1v) is 5.88. The molecule has 1 aromatic carbocycles. The summed E-state index contributed by atoms with van der Waals surface area (Å²) in [6.45, 7) is 2.24. The third-order valence-electron chi connectivity index (χ3n) is 2.62. The average molecular weight is 291 g/mol. The largest absolute Gasteiger partial charge is 0.494 e. The normalized spacial score (nSPS) is 11.4. The van der Waals surface area contributed by atoms with Gasteiger partial charge in [-0.2, -0.15) is 0 Å². The van der Waals surface area contributed by atoms with Crippen molar-refractivity contribution in [1.82, 2.24) is 5.32 Å². The van der Waals surface area contributed by atoms with Gasteiger partial charge in [-0.1, -0.05) is 6.07 Å². The first-order chi connectivity index (χ1) is 8.56. The Balaban J connectivity index is 0.00000324. The van der Waals surface area contributed by atoms with Gasteiger partial charge >= 0.3 is 0 Å². The number of hydrogen-bond acceptors (Lipinski definition) is 3. The molecule has 0 heterocycles. The highest BCUT2D eigenvalue weighted by atomic mass is 35.5. The fraction of sp³-hybridized carbons (Fsp3) is 0.462. The number of methoxy groups -OCH3 is 1. The number of benzene rings is 1. The smallest absolute Gasteiger partial charge is 0.220 e. The first kappa shape index (κ1) is 17.7. The van der Waals surface area contributed by atoms with Crippen LogP contribution in [-0.4, -0.2) is 25.6 Å². The van der Waals surface area contributed by atoms with Crippen LogP contribution in [0.4, 0.5) is 4.39 Å². The number of carbonyl (C=O) groups excluding carboxylic acids is 1. The van der Waals surface area contributed by atoms with E-state index >= 15 is 0 Å². The molecule has 1 atom stereocenters. The monoisotopic (exact) mass is 290 g/mol. The molecule has 0 saturated carbocycles. The minimum atomic E-state index is -0.411. The minimum absolute atomic E-state index is 0. The van der Waals surface area contributed by atoms with Gasteiger partial charge in [0.1, 0.15) is 0 Å². The van der Waals surface area contributed by atoms with Crippen molar-refractivity contribution in [3.63, 3.8) is 0 Å². The van der Waals surface area contributed by atoms with E-state index in [0.717, 1.165) is 5.56 Å². The second-order valence-electron chi connectivity index (χ2n) is 4.17. The summed E-state index contributed by atoms with van der Waals surface area (Å²) < 4.78 is 18.2. The van der Waals surface area contributed by atoms with Crippen LogP contribution in [0.1, 0.15) is 18.9 Å². The molecule has 19 heavy (non-hydrogen) atoms. The highest BCUT2D eigenvalue weighted by molar-refractivity contribution is 5.85. The van der Waals surface area contributed by atoms with Crippen LogP contribution in [0.2, 0.25) is 0 Å². The molecular formula is C13H20ClFN2O2. The molecule has 0 aliphatic rings. The van der Waals surface area contributed by atoms with Crippen molar-refractivity contribution < 1.29 is 13.9 Å². The Bertz CT molecular complexity index is 416. The lowest BCUT2D eigenvalue weighted by Gasteiger charge is -2.11. The van der Waals surface area contributed by atoms with E-state index in [4.69, 9.17) is 10.5 Å². The molecule has 0 spiro atoms. The molecule has 0 bridgehead atoms. The van der Waals surface area contributed by atoms with Crippen molar-refractivity contribution in [2.24, 2.45) is 5.73 Å². The molecule has 6 heteroatoms. The van der Waals surface area contributed by atoms with Crippen LogP contribution in [0, 0.1) is 5.82 Å². The number of aryl methyl sites for hydroxylation is 1. The fourth-order valence-electron chi connectivity index (χ4n) is 1.53. The molecule has 0 aromatic heterocycles. The summed E-state index contributed by atoms with van der Waals surface area (Å²) in [5, 5.41) is 2.75. The number of carbonyl (C=O) groups is 1. The Labute approximate surface area is 118 Å². The van der Waals surface area contributed by atoms with Crippen molar-refractivity contribution in [2.75, 3.05) is 13.7 Å². The highest BCUT2D eigenvalue weighted by Crippen LogP contribution is 2.18. The van der Waals surface area contributed by atoms with Crippen LogP contribution in [-0.2, 0) is 11.2 Å². The fourth-order valence-corrected chi connectivity index (χ4v) is 1.53. The first-order valence-electron chi connectivity index (χ1n) is 5.88. The number of rotatable bonds is 6. The van der Waals surface area contributed by atoms with E-state index in [9.17, 15) is 9.18 Å². The van der Waals surface area contributed by atoms with E-state index in [1.54, 1.807) is 12.1 Å². The molecule has 3 N–H and O–H groups in total. The molecule has 1 aromatic rings. The Morgan fingerprint density at radius 2 is 2.21 bits per heavy atom. The Hall–Kier alpha value is -1.33. The number of nitrogens with two attached hydrogens (primary N) is 1. The molecular weight excluding hydrogens is 271 g/mol. The van der Waals surface area contributed by atoms with Gasteiger partial charge in [0.25, 0.3) is 0 Å². The Morgan fingerprint density at radius 3 is 2.74 bits per heavy atom. The maximum Gasteiger partial charge on any atom is 0.220 e. The van der Waals surface area contributed by atoms with Crippen LogP contribution >= 0.6 is 12.4 Å². The molecule has 0 unspecified atom stereocenters. The van der Waals surface area contributed by atoms with E-state index < -0.39 is 5.82 Å². The van der Waals surface area contributed by atoms with Crippen LogP contribution in [0.25, 0.3) is 0 Å². The second-order valence-corrected chi connectivity index (χ2v) is 4.17. The van der Waals surface area contributed by atoms with Crippen LogP contribution in [0.5, 0.6) is 5.75 Å². The molecule has 0 fully saturated rings. The van der Waals surface area contributed by atoms with E-state index in [-0.39, 0.29) is 30.1 Å². The van der Waals surface area contributed by atoms with Crippen molar-refractivity contribution >= 4 is 18.3 Å². The van der Waals surface area contributed by atoms with Crippen LogP contribution in [0.3, 0.4) is 0 Å². The summed E-state index contributed by atoms with van der Waals surface area (Å²) >= 11 is 0. The number of amides is 1. The van der Waals surface area contributed by atoms with Gasteiger partial charge in [0.05, 0.1) is 7.11 Å². The summed E-state index contributed by atoms with van der Waals surface area (Å²) in [5.74, 6) is -0.283. The van der Waals surface area contributed by atoms with Gasteiger partial charge in [-0.25, -0.2) is 4.39 Å². The standard InChI is InChI=1S/C13H19FN2O2.ClH/c1-9(8-15)16-13(17)6-4-10-3-5-12(18-2)11(14)7-10;/h3,5,7,9H,4,6,8,15H2,1-2H3,(H,16,17);1H/t9-;/m0./s1. The zero-order chi connectivity index (χ0) is 13.5. The highest BCUT2D eigenvalue weighted by Gasteiger charge is 2.08. The summed E-state index contributed by atoms with van der Waals surface area (Å²) in [7, 11) is 1.42. The summed E-state index contributed by atoms with van der Waals surface area (Å²) in [6.07, 6.45) is 0.806. The second kappa shape index (κ2) is 8.72. The van der Waals surface area contributed by atoms with Crippen molar-refractivity contribution in [3.05, 3.63) is 29.6 Å². The topological polar surface area (TPSA) is 64.3 Å². The number of hydrogen-bond donors (Lipinski definition) is 2. The summed E-state index contributed by atoms with van der Waals surface area (Å²) in [4.78, 5) is 11.5. The lowest BCUT2D eigenvalue weighted by Crippen LogP contribution is -2.37. The maximum absolute atomic E-state index is 13.4. The Morgan fingerprint density at radius 1 is 1.53 bits per heavy atom. The number of halogens is 2. The quantitative estimate of drug-likeness (QED) is 0.837. The predicted octanol–water partition coefficient (Wildman–Crippen LogP) is 1.65. The van der Waals surface area contributed by atoms with Crippen LogP contribution in [0.15, 0.2) is 18.2 Å². The van der Waals surface area contributed by atoms with E-state index in [1.165, 1.54) is 13.2 Å². The Kier molecular flexibility index (Phi) is 8.11. The third kappa shape index (κ3) is 5.89. The lowest BCUT2D eigenvalue weighted by atomic mass is 10.1. The summed E-state index contributed by atoms with van der Waals surface area (Å²) in [5.41, 5.74) is 6.17. The zero-order valence-corrected chi connectivity index (χ0v) is 11.9. The molecule has 0 radical (unpaired) electrons. The molecule has 0 aliphatic heterocycles. The van der Waals surface area contributed by atoms with Gasteiger partial charge in [0, 0.05) is 19.0 Å². The zero-order valence-electron chi connectivity index (χ0n) is 11.1. The van der Waals surface area contributed by atoms with Gasteiger partial charge < -0.3 is 15.8 Å². The molecule has 0 saturated heterocycles. The van der Waals surface area contributed by atoms with Gasteiger partial charge in [0.15, 0.2) is 11.6 Å². The third-order valence-corrected chi connectivity index (χ3v) is 2.62. The van der Waals surface area contributed by atoms with Gasteiger partial charge in [0.2, 0.25) is 5.91 Å². The predicted molar refractivity (Wildman–Crippen MR) is 75.2 cm³/mol. The van der Waals surface area contributed by atoms with E-state index in [2.05, 4.69) is 5.32 Å². The van der Waals surface area contributed by atoms with Gasteiger partial charge in [-0.3, -0.25) is 4.79 Å². The summed E-state index contributed by atoms with van der Waals surface area (Å²) in [6, 6.07) is 4.66. The maximum atomic E-state index is 13.4. The molecule has 1 amide bonds. The molecule has 1 rings (SSSR count). The van der Waals surface area contributed by atoms with Gasteiger partial charge in [-0.15, -0.1) is 12.4 Å². The van der Waals surface area contributed by atoms with Crippen molar-refractivity contribution in [1.29, 1.82) is 0 Å². The average Bonchev–Trinajstić information content (AvgIpc) is 2.36. The van der Waals surface area contributed by atoms with Crippen molar-refractivity contribution in [2.45, 2.75) is 25.8 Å². The molecule has 4 nitrogen and oxygen atoms in total. The number of ether oxygens (including phenoxy) is 1. The van der Waals surface area contributed by atoms with Crippen molar-refractivity contribution in [3.8, 4) is 5.75 Å². The van der Waals surface area contributed by atoms with Crippen LogP contribution < -0.4 is 15.8 Å². The minimum Gasteiger partial charge on any atom is -0.494 e. The SMILES string of the molecule is COc1ccc(CCC(=O)N[C@@H](C)CN)cc1F.Cl. The molecule has 108 valence electrons. The molecule has 0 aliphatic carbocycles.